The summed E-state index contributed by atoms with van der Waals surface area (Å²) in [6.07, 6.45) is 2.38. The van der Waals surface area contributed by atoms with Crippen LogP contribution < -0.4 is 0 Å². The van der Waals surface area contributed by atoms with Crippen LogP contribution in [0.1, 0.15) is 12.8 Å². The summed E-state index contributed by atoms with van der Waals surface area (Å²) < 4.78 is 4.66. The molecule has 88 valence electrons. The molecule has 1 aliphatic rings. The Kier molecular flexibility index (Phi) is 5.05. The number of carbonyl (C=O) groups excluding carboxylic acids is 1. The van der Waals surface area contributed by atoms with Crippen molar-refractivity contribution in [2.75, 3.05) is 47.4 Å². The maximum atomic E-state index is 11.1. The van der Waals surface area contributed by atoms with Gasteiger partial charge in [0.25, 0.3) is 0 Å². The lowest BCUT2D eigenvalue weighted by atomic mass is 9.96. The fourth-order valence-corrected chi connectivity index (χ4v) is 2.09. The van der Waals surface area contributed by atoms with E-state index in [1.54, 1.807) is 0 Å². The lowest BCUT2D eigenvalue weighted by Gasteiger charge is -2.32. The second-order valence-electron chi connectivity index (χ2n) is 4.56. The van der Waals surface area contributed by atoms with Crippen LogP contribution in [0.2, 0.25) is 0 Å². The fourth-order valence-electron chi connectivity index (χ4n) is 2.09. The summed E-state index contributed by atoms with van der Waals surface area (Å²) in [6.45, 7) is 3.65. The molecule has 1 aliphatic heterocycles. The van der Waals surface area contributed by atoms with Crippen molar-refractivity contribution in [3.05, 3.63) is 0 Å². The van der Waals surface area contributed by atoms with E-state index in [1.165, 1.54) is 20.0 Å². The van der Waals surface area contributed by atoms with Gasteiger partial charge in [0.05, 0.1) is 13.7 Å². The van der Waals surface area contributed by atoms with Crippen LogP contribution in [-0.4, -0.2) is 63.2 Å². The highest BCUT2D eigenvalue weighted by Gasteiger charge is 2.21. The number of hydrogen-bond acceptors (Lipinski definition) is 4. The molecule has 0 aromatic rings. The van der Waals surface area contributed by atoms with Gasteiger partial charge in [-0.25, -0.2) is 0 Å². The van der Waals surface area contributed by atoms with E-state index < -0.39 is 0 Å². The highest BCUT2D eigenvalue weighted by molar-refractivity contribution is 5.71. The van der Waals surface area contributed by atoms with Crippen LogP contribution in [0.3, 0.4) is 0 Å². The molecule has 0 spiro atoms. The molecule has 0 bridgehead atoms. The van der Waals surface area contributed by atoms with E-state index in [0.29, 0.717) is 6.54 Å². The van der Waals surface area contributed by atoms with Gasteiger partial charge in [0, 0.05) is 6.54 Å². The van der Waals surface area contributed by atoms with Gasteiger partial charge in [0.1, 0.15) is 0 Å². The maximum Gasteiger partial charge on any atom is 0.319 e. The summed E-state index contributed by atoms with van der Waals surface area (Å²) in [4.78, 5) is 15.5. The highest BCUT2D eigenvalue weighted by atomic mass is 16.5. The normalized spacial score (nSPS) is 19.5. The van der Waals surface area contributed by atoms with Gasteiger partial charge in [-0.3, -0.25) is 9.69 Å². The molecule has 0 saturated carbocycles. The van der Waals surface area contributed by atoms with Gasteiger partial charge in [-0.2, -0.15) is 0 Å². The molecule has 0 aromatic heterocycles. The third-order valence-electron chi connectivity index (χ3n) is 2.91. The topological polar surface area (TPSA) is 32.8 Å². The largest absolute Gasteiger partial charge is 0.468 e. The SMILES string of the molecule is COC(=O)CN1CCC(CN(C)C)CC1. The van der Waals surface area contributed by atoms with E-state index in [1.807, 2.05) is 0 Å². The lowest BCUT2D eigenvalue weighted by Crippen LogP contribution is -2.39. The van der Waals surface area contributed by atoms with Gasteiger partial charge in [0.15, 0.2) is 0 Å². The van der Waals surface area contributed by atoms with Crippen LogP contribution in [0.5, 0.6) is 0 Å². The molecular weight excluding hydrogens is 192 g/mol. The van der Waals surface area contributed by atoms with Crippen molar-refractivity contribution in [3.8, 4) is 0 Å². The van der Waals surface area contributed by atoms with Gasteiger partial charge in [-0.05, 0) is 45.9 Å². The van der Waals surface area contributed by atoms with Crippen molar-refractivity contribution < 1.29 is 9.53 Å². The second-order valence-corrected chi connectivity index (χ2v) is 4.56. The quantitative estimate of drug-likeness (QED) is 0.636. The van der Waals surface area contributed by atoms with Crippen molar-refractivity contribution in [1.82, 2.24) is 9.80 Å². The first kappa shape index (κ1) is 12.5. The zero-order chi connectivity index (χ0) is 11.3. The third kappa shape index (κ3) is 4.62. The minimum absolute atomic E-state index is 0.124. The predicted octanol–water partition coefficient (Wildman–Crippen LogP) is 0.433. The molecule has 0 unspecified atom stereocenters. The van der Waals surface area contributed by atoms with Crippen molar-refractivity contribution in [2.24, 2.45) is 5.92 Å². The maximum absolute atomic E-state index is 11.1. The average molecular weight is 214 g/mol. The van der Waals surface area contributed by atoms with Crippen molar-refractivity contribution in [2.45, 2.75) is 12.8 Å². The summed E-state index contributed by atoms with van der Waals surface area (Å²) in [6, 6.07) is 0. The van der Waals surface area contributed by atoms with Gasteiger partial charge >= 0.3 is 5.97 Å². The molecule has 0 atom stereocenters. The number of piperidine rings is 1. The molecule has 4 heteroatoms. The van der Waals surface area contributed by atoms with Gasteiger partial charge in [0.2, 0.25) is 0 Å². The number of nitrogens with zero attached hydrogens (tertiary/aromatic N) is 2. The lowest BCUT2D eigenvalue weighted by molar-refractivity contribution is -0.142. The Morgan fingerprint density at radius 1 is 1.40 bits per heavy atom. The Balaban J connectivity index is 2.20. The average Bonchev–Trinajstić information content (AvgIpc) is 2.20. The molecule has 1 fully saturated rings. The van der Waals surface area contributed by atoms with Crippen LogP contribution in [0, 0.1) is 5.92 Å². The number of esters is 1. The van der Waals surface area contributed by atoms with Crippen LogP contribution in [0.15, 0.2) is 0 Å². The Hall–Kier alpha value is -0.610. The Bertz CT molecular complexity index is 199. The van der Waals surface area contributed by atoms with Gasteiger partial charge in [-0.15, -0.1) is 0 Å². The number of likely N-dealkylation sites (tertiary alicyclic amines) is 1. The van der Waals surface area contributed by atoms with E-state index in [0.717, 1.165) is 25.6 Å². The Morgan fingerprint density at radius 2 is 2.00 bits per heavy atom. The first-order chi connectivity index (χ1) is 7.11. The van der Waals surface area contributed by atoms with Crippen LogP contribution in [-0.2, 0) is 9.53 Å². The smallest absolute Gasteiger partial charge is 0.319 e. The third-order valence-corrected chi connectivity index (χ3v) is 2.91. The Labute approximate surface area is 92.2 Å². The van der Waals surface area contributed by atoms with Crippen LogP contribution in [0.4, 0.5) is 0 Å². The first-order valence-electron chi connectivity index (χ1n) is 5.55. The number of carbonyl (C=O) groups is 1. The minimum Gasteiger partial charge on any atom is -0.468 e. The molecule has 0 aliphatic carbocycles. The standard InChI is InChI=1S/C11H22N2O2/c1-12(2)8-10-4-6-13(7-5-10)9-11(14)15-3/h10H,4-9H2,1-3H3. The second kappa shape index (κ2) is 6.08. The van der Waals surface area contributed by atoms with Crippen LogP contribution >= 0.6 is 0 Å². The first-order valence-corrected chi connectivity index (χ1v) is 5.55. The van der Waals surface area contributed by atoms with E-state index in [4.69, 9.17) is 0 Å². The highest BCUT2D eigenvalue weighted by Crippen LogP contribution is 2.17. The minimum atomic E-state index is -0.124. The van der Waals surface area contributed by atoms with Gasteiger partial charge < -0.3 is 9.64 Å². The summed E-state index contributed by atoms with van der Waals surface area (Å²) in [5.74, 6) is 0.662. The molecule has 0 amide bonds. The van der Waals surface area contributed by atoms with Crippen molar-refractivity contribution >= 4 is 5.97 Å². The molecule has 0 radical (unpaired) electrons. The number of ether oxygens (including phenoxy) is 1. The van der Waals surface area contributed by atoms with E-state index in [-0.39, 0.29) is 5.97 Å². The molecule has 0 N–H and O–H groups in total. The van der Waals surface area contributed by atoms with Crippen molar-refractivity contribution in [1.29, 1.82) is 0 Å². The van der Waals surface area contributed by atoms with Crippen molar-refractivity contribution in [3.63, 3.8) is 0 Å². The number of rotatable bonds is 4. The monoisotopic (exact) mass is 214 g/mol. The number of methoxy groups -OCH3 is 1. The van der Waals surface area contributed by atoms with E-state index in [9.17, 15) is 4.79 Å². The van der Waals surface area contributed by atoms with Crippen LogP contribution in [0.25, 0.3) is 0 Å². The molecule has 1 heterocycles. The fraction of sp³-hybridized carbons (Fsp3) is 0.909. The predicted molar refractivity (Wildman–Crippen MR) is 59.7 cm³/mol. The van der Waals surface area contributed by atoms with Gasteiger partial charge in [-0.1, -0.05) is 0 Å². The zero-order valence-corrected chi connectivity index (χ0v) is 10.0. The zero-order valence-electron chi connectivity index (χ0n) is 10.0. The summed E-state index contributed by atoms with van der Waals surface area (Å²) in [5.41, 5.74) is 0. The van der Waals surface area contributed by atoms with E-state index >= 15 is 0 Å². The number of hydrogen-bond donors (Lipinski definition) is 0. The summed E-state index contributed by atoms with van der Waals surface area (Å²) in [7, 11) is 5.67. The molecule has 0 aromatic carbocycles. The molecule has 1 saturated heterocycles. The summed E-state index contributed by atoms with van der Waals surface area (Å²) in [5, 5.41) is 0. The molecule has 4 nitrogen and oxygen atoms in total. The molecule has 15 heavy (non-hydrogen) atoms. The Morgan fingerprint density at radius 3 is 2.47 bits per heavy atom. The molecular formula is C11H22N2O2. The summed E-state index contributed by atoms with van der Waals surface area (Å²) >= 11 is 0. The molecule has 1 rings (SSSR count). The van der Waals surface area contributed by atoms with E-state index in [2.05, 4.69) is 28.6 Å².